The van der Waals surface area contributed by atoms with Crippen molar-refractivity contribution in [3.8, 4) is 5.75 Å². The molecule has 0 unspecified atom stereocenters. The Morgan fingerprint density at radius 2 is 2.09 bits per heavy atom. The second kappa shape index (κ2) is 7.92. The Bertz CT molecular complexity index is 728. The molecule has 0 bridgehead atoms. The van der Waals surface area contributed by atoms with Crippen LogP contribution in [0.2, 0.25) is 0 Å². The van der Waals surface area contributed by atoms with Crippen molar-refractivity contribution < 1.29 is 14.3 Å². The molecule has 1 amide bonds. The summed E-state index contributed by atoms with van der Waals surface area (Å²) < 4.78 is 6.43. The van der Waals surface area contributed by atoms with E-state index in [-0.39, 0.29) is 12.5 Å². The summed E-state index contributed by atoms with van der Waals surface area (Å²) in [7, 11) is 0. The molecule has 2 aromatic rings. The van der Waals surface area contributed by atoms with Gasteiger partial charge in [-0.3, -0.25) is 9.59 Å². The van der Waals surface area contributed by atoms with E-state index in [1.165, 1.54) is 0 Å². The van der Waals surface area contributed by atoms with Gasteiger partial charge in [0.1, 0.15) is 12.0 Å². The molecule has 23 heavy (non-hydrogen) atoms. The first kappa shape index (κ1) is 17.2. The highest BCUT2D eigenvalue weighted by Crippen LogP contribution is 2.26. The minimum atomic E-state index is -0.235. The van der Waals surface area contributed by atoms with E-state index < -0.39 is 0 Å². The van der Waals surface area contributed by atoms with E-state index >= 15 is 0 Å². The maximum atomic E-state index is 12.1. The third kappa shape index (κ3) is 4.66. The number of hydrogen-bond acceptors (Lipinski definition) is 3. The van der Waals surface area contributed by atoms with Crippen molar-refractivity contribution in [3.05, 3.63) is 57.6 Å². The number of nitrogens with one attached hydrogen (secondary N) is 1. The molecule has 4 nitrogen and oxygen atoms in total. The first-order chi connectivity index (χ1) is 11.0. The Kier molecular flexibility index (Phi) is 5.93. The zero-order chi connectivity index (χ0) is 16.8. The van der Waals surface area contributed by atoms with E-state index in [2.05, 4.69) is 21.2 Å². The van der Waals surface area contributed by atoms with E-state index in [4.69, 9.17) is 4.74 Å². The van der Waals surface area contributed by atoms with Crippen molar-refractivity contribution >= 4 is 33.8 Å². The molecule has 0 fully saturated rings. The summed E-state index contributed by atoms with van der Waals surface area (Å²) in [4.78, 5) is 22.9. The average Bonchev–Trinajstić information content (AvgIpc) is 2.55. The van der Waals surface area contributed by atoms with Crippen molar-refractivity contribution in [2.45, 2.75) is 20.3 Å². The van der Waals surface area contributed by atoms with Crippen LogP contribution in [-0.4, -0.2) is 18.8 Å². The molecular formula is C18H18BrNO3. The standard InChI is InChI=1S/C18H18BrNO3/c1-3-14-9-15(19)7-12(2)18(14)20-17(22)11-23-16-6-4-5-13(8-16)10-21/h4-10H,3,11H2,1-2H3,(H,20,22). The molecule has 0 saturated carbocycles. The highest BCUT2D eigenvalue weighted by atomic mass is 79.9. The lowest BCUT2D eigenvalue weighted by atomic mass is 10.1. The lowest BCUT2D eigenvalue weighted by Gasteiger charge is -2.14. The number of aldehydes is 1. The van der Waals surface area contributed by atoms with Crippen LogP contribution in [0.5, 0.6) is 5.75 Å². The van der Waals surface area contributed by atoms with E-state index in [0.717, 1.165) is 34.0 Å². The fraction of sp³-hybridized carbons (Fsp3) is 0.222. The van der Waals surface area contributed by atoms with Crippen LogP contribution in [0.25, 0.3) is 0 Å². The Morgan fingerprint density at radius 3 is 2.78 bits per heavy atom. The van der Waals surface area contributed by atoms with Crippen LogP contribution < -0.4 is 10.1 Å². The zero-order valence-electron chi connectivity index (χ0n) is 13.1. The smallest absolute Gasteiger partial charge is 0.262 e. The van der Waals surface area contributed by atoms with Crippen molar-refractivity contribution in [1.29, 1.82) is 0 Å². The van der Waals surface area contributed by atoms with Crippen LogP contribution in [0.15, 0.2) is 40.9 Å². The van der Waals surface area contributed by atoms with Crippen LogP contribution in [0.4, 0.5) is 5.69 Å². The average molecular weight is 376 g/mol. The number of anilines is 1. The summed E-state index contributed by atoms with van der Waals surface area (Å²) in [6.07, 6.45) is 1.56. The number of hydrogen-bond donors (Lipinski definition) is 1. The number of carbonyl (C=O) groups is 2. The summed E-state index contributed by atoms with van der Waals surface area (Å²) in [6, 6.07) is 10.7. The van der Waals surface area contributed by atoms with E-state index in [1.807, 2.05) is 26.0 Å². The largest absolute Gasteiger partial charge is 0.484 e. The molecule has 0 aliphatic rings. The first-order valence-electron chi connectivity index (χ1n) is 7.30. The minimum Gasteiger partial charge on any atom is -0.484 e. The number of benzene rings is 2. The third-order valence-corrected chi connectivity index (χ3v) is 3.85. The Balaban J connectivity index is 2.04. The van der Waals surface area contributed by atoms with Gasteiger partial charge in [0.2, 0.25) is 0 Å². The molecule has 0 aromatic heterocycles. The predicted molar refractivity (Wildman–Crippen MR) is 94.2 cm³/mol. The van der Waals surface area contributed by atoms with Gasteiger partial charge in [-0.1, -0.05) is 35.0 Å². The van der Waals surface area contributed by atoms with Gasteiger partial charge < -0.3 is 10.1 Å². The zero-order valence-corrected chi connectivity index (χ0v) is 14.6. The molecule has 1 N–H and O–H groups in total. The van der Waals surface area contributed by atoms with Gasteiger partial charge in [-0.2, -0.15) is 0 Å². The summed E-state index contributed by atoms with van der Waals surface area (Å²) in [5.74, 6) is 0.259. The number of aryl methyl sites for hydroxylation is 2. The van der Waals surface area contributed by atoms with Crippen LogP contribution in [0, 0.1) is 6.92 Å². The number of rotatable bonds is 6. The fourth-order valence-electron chi connectivity index (χ4n) is 2.27. The summed E-state index contributed by atoms with van der Waals surface area (Å²) in [5.41, 5.74) is 3.39. The molecule has 0 aliphatic heterocycles. The van der Waals surface area contributed by atoms with E-state index in [1.54, 1.807) is 24.3 Å². The molecule has 0 radical (unpaired) electrons. The lowest BCUT2D eigenvalue weighted by molar-refractivity contribution is -0.118. The SMILES string of the molecule is CCc1cc(Br)cc(C)c1NC(=O)COc1cccc(C=O)c1. The van der Waals surface area contributed by atoms with E-state index in [0.29, 0.717) is 11.3 Å². The van der Waals surface area contributed by atoms with E-state index in [9.17, 15) is 9.59 Å². The van der Waals surface area contributed by atoms with Gasteiger partial charge in [-0.15, -0.1) is 0 Å². The molecule has 0 saturated heterocycles. The molecule has 0 atom stereocenters. The molecule has 0 spiro atoms. The van der Waals surface area contributed by atoms with Crippen molar-refractivity contribution in [2.75, 3.05) is 11.9 Å². The molecule has 2 aromatic carbocycles. The highest BCUT2D eigenvalue weighted by molar-refractivity contribution is 9.10. The second-order valence-corrected chi connectivity index (χ2v) is 6.05. The molecule has 2 rings (SSSR count). The molecular weight excluding hydrogens is 358 g/mol. The predicted octanol–water partition coefficient (Wildman–Crippen LogP) is 4.15. The van der Waals surface area contributed by atoms with Gasteiger partial charge >= 0.3 is 0 Å². The second-order valence-electron chi connectivity index (χ2n) is 5.14. The summed E-state index contributed by atoms with van der Waals surface area (Å²) >= 11 is 3.46. The number of carbonyl (C=O) groups excluding carboxylic acids is 2. The third-order valence-electron chi connectivity index (χ3n) is 3.39. The normalized spacial score (nSPS) is 10.2. The van der Waals surface area contributed by atoms with Gasteiger partial charge in [-0.25, -0.2) is 0 Å². The first-order valence-corrected chi connectivity index (χ1v) is 8.09. The Morgan fingerprint density at radius 1 is 1.30 bits per heavy atom. The topological polar surface area (TPSA) is 55.4 Å². The lowest BCUT2D eigenvalue weighted by Crippen LogP contribution is -2.21. The maximum absolute atomic E-state index is 12.1. The number of halogens is 1. The minimum absolute atomic E-state index is 0.110. The summed E-state index contributed by atoms with van der Waals surface area (Å²) in [6.45, 7) is 3.88. The van der Waals surface area contributed by atoms with Crippen molar-refractivity contribution in [2.24, 2.45) is 0 Å². The van der Waals surface area contributed by atoms with Gasteiger partial charge in [0, 0.05) is 15.7 Å². The van der Waals surface area contributed by atoms with Crippen LogP contribution in [0.3, 0.4) is 0 Å². The highest BCUT2D eigenvalue weighted by Gasteiger charge is 2.11. The van der Waals surface area contributed by atoms with Crippen LogP contribution in [-0.2, 0) is 11.2 Å². The van der Waals surface area contributed by atoms with Gasteiger partial charge in [-0.05, 0) is 48.7 Å². The Hall–Kier alpha value is -2.14. The maximum Gasteiger partial charge on any atom is 0.262 e. The van der Waals surface area contributed by atoms with Crippen LogP contribution in [0.1, 0.15) is 28.4 Å². The quantitative estimate of drug-likeness (QED) is 0.771. The van der Waals surface area contributed by atoms with Crippen molar-refractivity contribution in [3.63, 3.8) is 0 Å². The number of ether oxygens (including phenoxy) is 1. The van der Waals surface area contributed by atoms with Crippen molar-refractivity contribution in [1.82, 2.24) is 0 Å². The molecule has 0 aliphatic carbocycles. The molecule has 5 heteroatoms. The summed E-state index contributed by atoms with van der Waals surface area (Å²) in [5, 5.41) is 2.90. The monoisotopic (exact) mass is 375 g/mol. The van der Waals surface area contributed by atoms with Crippen LogP contribution >= 0.6 is 15.9 Å². The fourth-order valence-corrected chi connectivity index (χ4v) is 2.89. The molecule has 120 valence electrons. The van der Waals surface area contributed by atoms with Gasteiger partial charge in [0.15, 0.2) is 6.61 Å². The van der Waals surface area contributed by atoms with Gasteiger partial charge in [0.05, 0.1) is 0 Å². The molecule has 0 heterocycles. The van der Waals surface area contributed by atoms with Gasteiger partial charge in [0.25, 0.3) is 5.91 Å². The number of amides is 1. The Labute approximate surface area is 144 Å².